The molecule has 2 aromatic heterocycles. The van der Waals surface area contributed by atoms with Crippen LogP contribution in [0.5, 0.6) is 0 Å². The van der Waals surface area contributed by atoms with E-state index in [1.54, 1.807) is 23.2 Å². The van der Waals surface area contributed by atoms with Gasteiger partial charge in [-0.1, -0.05) is 6.07 Å². The van der Waals surface area contributed by atoms with Crippen LogP contribution in [0.15, 0.2) is 45.5 Å². The number of amides is 2. The molecule has 1 aliphatic rings. The summed E-state index contributed by atoms with van der Waals surface area (Å²) in [6.07, 6.45) is 0. The first-order chi connectivity index (χ1) is 14.6. The number of ether oxygens (including phenoxy) is 1. The van der Waals surface area contributed by atoms with Crippen molar-refractivity contribution >= 4 is 34.3 Å². The Hall–Kier alpha value is -2.84. The molecular formula is C22H25N3O4S. The van der Waals surface area contributed by atoms with Crippen molar-refractivity contribution in [3.63, 3.8) is 0 Å². The van der Waals surface area contributed by atoms with Crippen molar-refractivity contribution in [2.24, 2.45) is 0 Å². The molecule has 4 rings (SSSR count). The van der Waals surface area contributed by atoms with Gasteiger partial charge in [-0.15, -0.1) is 0 Å². The number of nitrogens with zero attached hydrogens (tertiary/aromatic N) is 2. The molecule has 1 fully saturated rings. The van der Waals surface area contributed by atoms with Crippen molar-refractivity contribution in [3.05, 3.63) is 46.9 Å². The number of carbonyl (C=O) groups is 2. The first-order valence-electron chi connectivity index (χ1n) is 10.1. The van der Waals surface area contributed by atoms with Gasteiger partial charge >= 0.3 is 12.0 Å². The predicted molar refractivity (Wildman–Crippen MR) is 116 cm³/mol. The molecule has 7 nitrogen and oxygen atoms in total. The molecule has 1 saturated heterocycles. The number of carbonyl (C=O) groups excluding carboxylic acids is 2. The number of thiophene rings is 1. The van der Waals surface area contributed by atoms with E-state index in [0.717, 1.165) is 29.8 Å². The van der Waals surface area contributed by atoms with Gasteiger partial charge in [-0.3, -0.25) is 9.69 Å². The van der Waals surface area contributed by atoms with Crippen LogP contribution in [0.1, 0.15) is 12.7 Å². The molecule has 3 heterocycles. The molecule has 1 aliphatic heterocycles. The highest BCUT2D eigenvalue weighted by Crippen LogP contribution is 2.28. The molecule has 0 aliphatic carbocycles. The van der Waals surface area contributed by atoms with E-state index in [1.807, 2.05) is 6.07 Å². The number of furan rings is 1. The maximum Gasteiger partial charge on any atom is 0.325 e. The number of hydrogen-bond donors (Lipinski definition) is 1. The van der Waals surface area contributed by atoms with E-state index in [9.17, 15) is 9.59 Å². The second kappa shape index (κ2) is 9.32. The minimum atomic E-state index is -0.420. The van der Waals surface area contributed by atoms with Crippen LogP contribution < -0.4 is 5.32 Å². The first kappa shape index (κ1) is 20.4. The lowest BCUT2D eigenvalue weighted by Crippen LogP contribution is -2.52. The molecule has 0 spiro atoms. The van der Waals surface area contributed by atoms with Gasteiger partial charge < -0.3 is 19.4 Å². The summed E-state index contributed by atoms with van der Waals surface area (Å²) in [5.74, 6) is 0.504. The van der Waals surface area contributed by atoms with E-state index in [1.165, 1.54) is 11.1 Å². The number of piperazine rings is 1. The van der Waals surface area contributed by atoms with Crippen LogP contribution in [0.2, 0.25) is 0 Å². The van der Waals surface area contributed by atoms with Crippen molar-refractivity contribution in [1.82, 2.24) is 15.1 Å². The maximum atomic E-state index is 12.2. The van der Waals surface area contributed by atoms with Gasteiger partial charge in [0.25, 0.3) is 0 Å². The minimum absolute atomic E-state index is 0.0980. The molecule has 3 aromatic rings. The SMILES string of the molecule is CCOC(=O)CNC(=O)N1CCN(Cc2cc3cc(-c4ccsc4)ccc3o2)CC1. The summed E-state index contributed by atoms with van der Waals surface area (Å²) in [6.45, 7) is 5.39. The van der Waals surface area contributed by atoms with Gasteiger partial charge in [-0.25, -0.2) is 4.79 Å². The first-order valence-corrected chi connectivity index (χ1v) is 11.0. The van der Waals surface area contributed by atoms with Gasteiger partial charge in [0.2, 0.25) is 0 Å². The van der Waals surface area contributed by atoms with E-state index >= 15 is 0 Å². The predicted octanol–water partition coefficient (Wildman–Crippen LogP) is 3.55. The fourth-order valence-electron chi connectivity index (χ4n) is 3.59. The third-order valence-electron chi connectivity index (χ3n) is 5.15. The lowest BCUT2D eigenvalue weighted by molar-refractivity contribution is -0.141. The maximum absolute atomic E-state index is 12.2. The Morgan fingerprint density at radius 3 is 2.70 bits per heavy atom. The normalized spacial score (nSPS) is 14.8. The summed E-state index contributed by atoms with van der Waals surface area (Å²) >= 11 is 1.69. The number of benzene rings is 1. The molecule has 0 saturated carbocycles. The van der Waals surface area contributed by atoms with Gasteiger partial charge in [0.1, 0.15) is 17.9 Å². The highest BCUT2D eigenvalue weighted by Gasteiger charge is 2.22. The molecule has 2 amide bonds. The third kappa shape index (κ3) is 4.83. The Balaban J connectivity index is 1.30. The second-order valence-corrected chi connectivity index (χ2v) is 7.98. The van der Waals surface area contributed by atoms with Crippen LogP contribution in [0, 0.1) is 0 Å². The van der Waals surface area contributed by atoms with Gasteiger partial charge in [0.05, 0.1) is 13.2 Å². The van der Waals surface area contributed by atoms with Gasteiger partial charge in [-0.05, 0) is 53.1 Å². The monoisotopic (exact) mass is 427 g/mol. The number of hydrogen-bond acceptors (Lipinski definition) is 6. The van der Waals surface area contributed by atoms with Crippen molar-refractivity contribution in [2.45, 2.75) is 13.5 Å². The fraction of sp³-hybridized carbons (Fsp3) is 0.364. The fourth-order valence-corrected chi connectivity index (χ4v) is 4.25. The van der Waals surface area contributed by atoms with Crippen molar-refractivity contribution < 1.29 is 18.7 Å². The van der Waals surface area contributed by atoms with Crippen molar-refractivity contribution in [3.8, 4) is 11.1 Å². The highest BCUT2D eigenvalue weighted by atomic mass is 32.1. The van der Waals surface area contributed by atoms with Crippen molar-refractivity contribution in [2.75, 3.05) is 39.3 Å². The van der Waals surface area contributed by atoms with Crippen LogP contribution in [0.25, 0.3) is 22.1 Å². The summed E-state index contributed by atoms with van der Waals surface area (Å²) in [6, 6.07) is 10.3. The molecule has 0 radical (unpaired) electrons. The lowest BCUT2D eigenvalue weighted by Gasteiger charge is -2.34. The molecule has 0 unspecified atom stereocenters. The highest BCUT2D eigenvalue weighted by molar-refractivity contribution is 7.08. The van der Waals surface area contributed by atoms with Gasteiger partial charge in [-0.2, -0.15) is 11.3 Å². The number of fused-ring (bicyclic) bond motifs is 1. The van der Waals surface area contributed by atoms with Gasteiger partial charge in [0.15, 0.2) is 0 Å². The number of rotatable bonds is 6. The summed E-state index contributed by atoms with van der Waals surface area (Å²) in [4.78, 5) is 27.6. The molecule has 30 heavy (non-hydrogen) atoms. The Labute approximate surface area is 179 Å². The van der Waals surface area contributed by atoms with E-state index < -0.39 is 5.97 Å². The topological polar surface area (TPSA) is 75.0 Å². The molecule has 0 bridgehead atoms. The van der Waals surface area contributed by atoms with Crippen LogP contribution in [0.4, 0.5) is 4.79 Å². The molecule has 1 aromatic carbocycles. The average Bonchev–Trinajstić information content (AvgIpc) is 3.42. The summed E-state index contributed by atoms with van der Waals surface area (Å²) in [5, 5.41) is 7.94. The molecule has 8 heteroatoms. The van der Waals surface area contributed by atoms with Crippen LogP contribution in [-0.2, 0) is 16.1 Å². The zero-order chi connectivity index (χ0) is 20.9. The van der Waals surface area contributed by atoms with E-state index in [0.29, 0.717) is 26.2 Å². The Kier molecular flexibility index (Phi) is 6.35. The second-order valence-electron chi connectivity index (χ2n) is 7.20. The number of nitrogens with one attached hydrogen (secondary N) is 1. The van der Waals surface area contributed by atoms with E-state index in [4.69, 9.17) is 9.15 Å². The average molecular weight is 428 g/mol. The Morgan fingerprint density at radius 1 is 1.13 bits per heavy atom. The minimum Gasteiger partial charge on any atom is -0.465 e. The lowest BCUT2D eigenvalue weighted by atomic mass is 10.1. The zero-order valence-corrected chi connectivity index (χ0v) is 17.7. The smallest absolute Gasteiger partial charge is 0.325 e. The zero-order valence-electron chi connectivity index (χ0n) is 16.9. The van der Waals surface area contributed by atoms with E-state index in [-0.39, 0.29) is 12.6 Å². The Bertz CT molecular complexity index is 1010. The quantitative estimate of drug-likeness (QED) is 0.609. The molecule has 158 valence electrons. The third-order valence-corrected chi connectivity index (χ3v) is 5.83. The van der Waals surface area contributed by atoms with Crippen LogP contribution in [0.3, 0.4) is 0 Å². The summed E-state index contributed by atoms with van der Waals surface area (Å²) in [5.41, 5.74) is 3.31. The molecular weight excluding hydrogens is 402 g/mol. The number of urea groups is 1. The van der Waals surface area contributed by atoms with E-state index in [2.05, 4.69) is 45.2 Å². The van der Waals surface area contributed by atoms with Crippen LogP contribution >= 0.6 is 11.3 Å². The molecule has 0 atom stereocenters. The Morgan fingerprint density at radius 2 is 1.97 bits per heavy atom. The van der Waals surface area contributed by atoms with Crippen molar-refractivity contribution in [1.29, 1.82) is 0 Å². The van der Waals surface area contributed by atoms with Crippen LogP contribution in [-0.4, -0.2) is 61.1 Å². The van der Waals surface area contributed by atoms with Gasteiger partial charge in [0, 0.05) is 31.6 Å². The molecule has 1 N–H and O–H groups in total. The summed E-state index contributed by atoms with van der Waals surface area (Å²) < 4.78 is 10.8. The summed E-state index contributed by atoms with van der Waals surface area (Å²) in [7, 11) is 0. The number of esters is 1. The standard InChI is InChI=1S/C22H25N3O4S/c1-2-28-21(26)13-23-22(27)25-8-6-24(7-9-25)14-19-12-18-11-16(3-4-20(18)29-19)17-5-10-30-15-17/h3-5,10-12,15H,2,6-9,13-14H2,1H3,(H,23,27). The largest absolute Gasteiger partial charge is 0.465 e.